The average Bonchev–Trinajstić information content (AvgIpc) is 2.40. The molecule has 0 aliphatic rings. The summed E-state index contributed by atoms with van der Waals surface area (Å²) >= 11 is 5.13. The Labute approximate surface area is 122 Å². The minimum atomic E-state index is 0.441. The van der Waals surface area contributed by atoms with E-state index in [1.807, 2.05) is 45.0 Å². The van der Waals surface area contributed by atoms with Gasteiger partial charge in [0.05, 0.1) is 11.3 Å². The Balaban J connectivity index is 2.46. The minimum absolute atomic E-state index is 0.441. The lowest BCUT2D eigenvalue weighted by molar-refractivity contribution is 1.09. The maximum Gasteiger partial charge on any atom is 0.121 e. The molecule has 0 fully saturated rings. The third kappa shape index (κ3) is 2.81. The van der Waals surface area contributed by atoms with Crippen LogP contribution in [0, 0.1) is 36.7 Å². The molecule has 0 saturated carbocycles. The van der Waals surface area contributed by atoms with Gasteiger partial charge in [-0.1, -0.05) is 29.9 Å². The van der Waals surface area contributed by atoms with Crippen LogP contribution in [0.2, 0.25) is 0 Å². The Kier molecular flexibility index (Phi) is 4.06. The zero-order valence-electron chi connectivity index (χ0n) is 11.6. The van der Waals surface area contributed by atoms with Crippen LogP contribution in [0.15, 0.2) is 34.5 Å². The van der Waals surface area contributed by atoms with Gasteiger partial charge in [-0.3, -0.25) is 0 Å². The molecule has 5 heteroatoms. The molecule has 0 aliphatic heterocycles. The Hall–Kier alpha value is -2.32. The van der Waals surface area contributed by atoms with Crippen molar-refractivity contribution in [1.29, 1.82) is 5.26 Å². The number of pyridine rings is 1. The lowest BCUT2D eigenvalue weighted by Crippen LogP contribution is -1.92. The summed E-state index contributed by atoms with van der Waals surface area (Å²) in [4.78, 5) is 2.98. The summed E-state index contributed by atoms with van der Waals surface area (Å²) in [5.41, 5.74) is 4.62. The summed E-state index contributed by atoms with van der Waals surface area (Å²) in [6, 6.07) is 9.86. The molecule has 0 spiro atoms. The number of aryl methyl sites for hydroxylation is 2. The van der Waals surface area contributed by atoms with Crippen molar-refractivity contribution < 1.29 is 0 Å². The fourth-order valence-corrected chi connectivity index (χ4v) is 2.22. The van der Waals surface area contributed by atoms with Crippen LogP contribution in [0.5, 0.6) is 0 Å². The van der Waals surface area contributed by atoms with E-state index in [1.165, 1.54) is 5.56 Å². The second-order valence-corrected chi connectivity index (χ2v) is 4.98. The number of nitrogens with zero attached hydrogens (tertiary/aromatic N) is 3. The summed E-state index contributed by atoms with van der Waals surface area (Å²) < 4.78 is 0.441. The van der Waals surface area contributed by atoms with Crippen molar-refractivity contribution in [2.45, 2.75) is 20.8 Å². The molecule has 1 heterocycles. The number of benzene rings is 1. The Morgan fingerprint density at radius 1 is 1.10 bits per heavy atom. The maximum atomic E-state index is 9.12. The summed E-state index contributed by atoms with van der Waals surface area (Å²) in [5, 5.41) is 17.6. The van der Waals surface area contributed by atoms with Gasteiger partial charge < -0.3 is 4.98 Å². The highest BCUT2D eigenvalue weighted by Crippen LogP contribution is 2.27. The number of hydrogen-bond acceptors (Lipinski definition) is 4. The highest BCUT2D eigenvalue weighted by Gasteiger charge is 2.09. The molecule has 0 bridgehead atoms. The molecule has 1 aromatic heterocycles. The zero-order chi connectivity index (χ0) is 14.7. The van der Waals surface area contributed by atoms with E-state index in [4.69, 9.17) is 17.5 Å². The van der Waals surface area contributed by atoms with E-state index in [0.29, 0.717) is 15.9 Å². The fraction of sp³-hybridized carbons (Fsp3) is 0.200. The predicted octanol–water partition coefficient (Wildman–Crippen LogP) is 4.96. The number of nitriles is 1. The summed E-state index contributed by atoms with van der Waals surface area (Å²) in [6.07, 6.45) is 0. The lowest BCUT2D eigenvalue weighted by Gasteiger charge is -2.06. The van der Waals surface area contributed by atoms with Crippen molar-refractivity contribution >= 4 is 23.6 Å². The van der Waals surface area contributed by atoms with Crippen LogP contribution in [0.4, 0.5) is 11.4 Å². The topological polar surface area (TPSA) is 64.3 Å². The molecule has 2 aromatic rings. The predicted molar refractivity (Wildman–Crippen MR) is 81.2 cm³/mol. The standard InChI is InChI=1S/C15H14N4S/c1-9-4-6-12(7-5-9)18-19-14-10(2)13(8-16)15(20)17-11(14)3/h4-7H,1-3H3,(H,17,20). The van der Waals surface area contributed by atoms with Crippen LogP contribution in [0.1, 0.15) is 22.4 Å². The molecule has 2 rings (SSSR count). The van der Waals surface area contributed by atoms with Crippen LogP contribution < -0.4 is 0 Å². The third-order valence-corrected chi connectivity index (χ3v) is 3.33. The molecule has 0 aliphatic carbocycles. The van der Waals surface area contributed by atoms with Crippen molar-refractivity contribution in [2.75, 3.05) is 0 Å². The van der Waals surface area contributed by atoms with Gasteiger partial charge in [0.2, 0.25) is 0 Å². The second kappa shape index (κ2) is 5.76. The van der Waals surface area contributed by atoms with Gasteiger partial charge in [0.1, 0.15) is 16.4 Å². The number of hydrogen-bond donors (Lipinski definition) is 1. The van der Waals surface area contributed by atoms with Gasteiger partial charge in [-0.05, 0) is 38.5 Å². The zero-order valence-corrected chi connectivity index (χ0v) is 12.4. The SMILES string of the molecule is Cc1ccc(N=Nc2c(C)[nH]c(=S)c(C#N)c2C)cc1. The van der Waals surface area contributed by atoms with Gasteiger partial charge in [0, 0.05) is 5.69 Å². The van der Waals surface area contributed by atoms with E-state index in [9.17, 15) is 0 Å². The first kappa shape index (κ1) is 14.1. The number of rotatable bonds is 2. The molecule has 0 amide bonds. The fourth-order valence-electron chi connectivity index (χ4n) is 1.87. The van der Waals surface area contributed by atoms with Gasteiger partial charge in [-0.15, -0.1) is 5.11 Å². The summed E-state index contributed by atoms with van der Waals surface area (Å²) in [5.74, 6) is 0. The van der Waals surface area contributed by atoms with E-state index in [-0.39, 0.29) is 0 Å². The van der Waals surface area contributed by atoms with Crippen LogP contribution in [0.25, 0.3) is 0 Å². The monoisotopic (exact) mass is 282 g/mol. The number of H-pyrrole nitrogens is 1. The van der Waals surface area contributed by atoms with E-state index in [0.717, 1.165) is 16.9 Å². The van der Waals surface area contributed by atoms with E-state index >= 15 is 0 Å². The molecular formula is C15H14N4S. The minimum Gasteiger partial charge on any atom is -0.347 e. The maximum absolute atomic E-state index is 9.12. The molecule has 4 nitrogen and oxygen atoms in total. The van der Waals surface area contributed by atoms with Crippen LogP contribution in [0.3, 0.4) is 0 Å². The van der Waals surface area contributed by atoms with Crippen LogP contribution in [-0.4, -0.2) is 4.98 Å². The average molecular weight is 282 g/mol. The molecule has 1 N–H and O–H groups in total. The molecule has 1 aromatic carbocycles. The van der Waals surface area contributed by atoms with Gasteiger partial charge >= 0.3 is 0 Å². The quantitative estimate of drug-likeness (QED) is 0.625. The summed E-state index contributed by atoms with van der Waals surface area (Å²) in [6.45, 7) is 5.72. The van der Waals surface area contributed by atoms with Crippen molar-refractivity contribution in [3.8, 4) is 6.07 Å². The molecule has 100 valence electrons. The van der Waals surface area contributed by atoms with Gasteiger partial charge in [0.15, 0.2) is 0 Å². The molecule has 0 saturated heterocycles. The Morgan fingerprint density at radius 3 is 2.35 bits per heavy atom. The number of azo groups is 1. The van der Waals surface area contributed by atoms with E-state index in [1.54, 1.807) is 0 Å². The summed E-state index contributed by atoms with van der Waals surface area (Å²) in [7, 11) is 0. The highest BCUT2D eigenvalue weighted by atomic mass is 32.1. The van der Waals surface area contributed by atoms with Gasteiger partial charge in [0.25, 0.3) is 0 Å². The lowest BCUT2D eigenvalue weighted by atomic mass is 10.1. The first-order valence-corrected chi connectivity index (χ1v) is 6.55. The first-order chi connectivity index (χ1) is 9.52. The van der Waals surface area contributed by atoms with Crippen molar-refractivity contribution in [2.24, 2.45) is 10.2 Å². The second-order valence-electron chi connectivity index (χ2n) is 4.58. The van der Waals surface area contributed by atoms with Crippen molar-refractivity contribution in [3.05, 3.63) is 51.3 Å². The molecular weight excluding hydrogens is 268 g/mol. The van der Waals surface area contributed by atoms with Gasteiger partial charge in [-0.25, -0.2) is 0 Å². The molecule has 0 unspecified atom stereocenters. The van der Waals surface area contributed by atoms with Gasteiger partial charge in [-0.2, -0.15) is 10.4 Å². The van der Waals surface area contributed by atoms with Crippen LogP contribution in [-0.2, 0) is 0 Å². The van der Waals surface area contributed by atoms with E-state index < -0.39 is 0 Å². The molecule has 0 atom stereocenters. The normalized spacial score (nSPS) is 10.7. The Morgan fingerprint density at radius 2 is 1.75 bits per heavy atom. The number of aromatic nitrogens is 1. The largest absolute Gasteiger partial charge is 0.347 e. The Bertz CT molecular complexity index is 764. The third-order valence-electron chi connectivity index (χ3n) is 3.02. The number of aromatic amines is 1. The molecule has 20 heavy (non-hydrogen) atoms. The highest BCUT2D eigenvalue weighted by molar-refractivity contribution is 7.71. The first-order valence-electron chi connectivity index (χ1n) is 6.15. The number of nitrogens with one attached hydrogen (secondary N) is 1. The van der Waals surface area contributed by atoms with Crippen LogP contribution >= 0.6 is 12.2 Å². The van der Waals surface area contributed by atoms with E-state index in [2.05, 4.69) is 21.3 Å². The molecule has 0 radical (unpaired) electrons. The van der Waals surface area contributed by atoms with Crippen molar-refractivity contribution in [1.82, 2.24) is 4.98 Å². The van der Waals surface area contributed by atoms with Crippen molar-refractivity contribution in [3.63, 3.8) is 0 Å². The smallest absolute Gasteiger partial charge is 0.121 e.